The van der Waals surface area contributed by atoms with Crippen molar-refractivity contribution in [2.24, 2.45) is 0 Å². The van der Waals surface area contributed by atoms with Crippen molar-refractivity contribution in [1.29, 1.82) is 0 Å². The van der Waals surface area contributed by atoms with Gasteiger partial charge in [0.15, 0.2) is 0 Å². The Morgan fingerprint density at radius 2 is 1.09 bits per heavy atom. The average molecular weight is 453 g/mol. The highest BCUT2D eigenvalue weighted by Crippen LogP contribution is 2.63. The molecule has 0 saturated carbocycles. The van der Waals surface area contributed by atoms with Gasteiger partial charge < -0.3 is 0 Å². The molecule has 7 heteroatoms. The summed E-state index contributed by atoms with van der Waals surface area (Å²) in [5.74, 6) is 0. The first-order chi connectivity index (χ1) is 15.6. The average Bonchev–Trinajstić information content (AvgIpc) is 3.24. The van der Waals surface area contributed by atoms with Gasteiger partial charge in [0, 0.05) is 11.8 Å². The third-order valence-corrected chi connectivity index (χ3v) is 6.59. The third kappa shape index (κ3) is 2.53. The van der Waals surface area contributed by atoms with E-state index < -0.39 is 28.9 Å². The number of aromatic nitrogens is 1. The molecule has 0 atom stereocenters. The van der Waals surface area contributed by atoms with E-state index in [0.717, 1.165) is 24.3 Å². The Labute approximate surface area is 184 Å². The molecule has 0 unspecified atom stereocenters. The van der Waals surface area contributed by atoms with Gasteiger partial charge in [-0.2, -0.15) is 26.3 Å². The molecule has 1 spiro atoms. The number of rotatable bonds is 0. The Morgan fingerprint density at radius 1 is 0.545 bits per heavy atom. The zero-order chi connectivity index (χ0) is 23.2. The van der Waals surface area contributed by atoms with Gasteiger partial charge in [-0.25, -0.2) is 0 Å². The van der Waals surface area contributed by atoms with E-state index in [4.69, 9.17) is 0 Å². The number of fused-ring (bicyclic) bond motifs is 10. The van der Waals surface area contributed by atoms with Gasteiger partial charge in [-0.15, -0.1) is 0 Å². The molecule has 0 bridgehead atoms. The molecule has 4 aromatic rings. The smallest absolute Gasteiger partial charge is 0.256 e. The number of hydrogen-bond donors (Lipinski definition) is 0. The summed E-state index contributed by atoms with van der Waals surface area (Å²) in [6.07, 6.45) is -7.63. The van der Waals surface area contributed by atoms with Crippen LogP contribution in [0.1, 0.15) is 33.4 Å². The molecule has 0 aliphatic heterocycles. The standard InChI is InChI=1S/C26H13F6N/c27-25(28,29)14-7-9-16-17-10-8-15(26(30,31)32)13-22(17)24(21(16)12-14)19-5-2-1-4-18(19)23-20(24)6-3-11-33-23/h1-13H. The molecular weight excluding hydrogens is 440 g/mol. The van der Waals surface area contributed by atoms with Crippen LogP contribution >= 0.6 is 0 Å². The largest absolute Gasteiger partial charge is 0.416 e. The van der Waals surface area contributed by atoms with E-state index in [1.54, 1.807) is 42.6 Å². The Morgan fingerprint density at radius 3 is 1.67 bits per heavy atom. The number of hydrogen-bond acceptors (Lipinski definition) is 1. The van der Waals surface area contributed by atoms with Crippen LogP contribution in [0.15, 0.2) is 79.0 Å². The maximum absolute atomic E-state index is 13.7. The van der Waals surface area contributed by atoms with Crippen LogP contribution in [0.2, 0.25) is 0 Å². The molecule has 1 nitrogen and oxygen atoms in total. The topological polar surface area (TPSA) is 12.9 Å². The zero-order valence-electron chi connectivity index (χ0n) is 16.7. The zero-order valence-corrected chi connectivity index (χ0v) is 16.7. The van der Waals surface area contributed by atoms with Gasteiger partial charge in [-0.3, -0.25) is 4.98 Å². The van der Waals surface area contributed by atoms with Crippen molar-refractivity contribution in [3.05, 3.63) is 112 Å². The molecule has 3 aromatic carbocycles. The molecule has 1 aromatic heterocycles. The number of alkyl halides is 6. The molecule has 6 rings (SSSR count). The SMILES string of the molecule is FC(F)(F)c1ccc2c(c1)C1(c3cc(C(F)(F)F)ccc3-2)c2ccccc2-c2ncccc21. The van der Waals surface area contributed by atoms with Gasteiger partial charge in [0.05, 0.1) is 22.2 Å². The number of nitrogens with zero attached hydrogens (tertiary/aromatic N) is 1. The Kier molecular flexibility index (Phi) is 3.79. The minimum absolute atomic E-state index is 0.311. The summed E-state index contributed by atoms with van der Waals surface area (Å²) in [7, 11) is 0. The van der Waals surface area contributed by atoms with Gasteiger partial charge in [-0.1, -0.05) is 42.5 Å². The molecule has 33 heavy (non-hydrogen) atoms. The molecule has 0 radical (unpaired) electrons. The fraction of sp³-hybridized carbons (Fsp3) is 0.115. The lowest BCUT2D eigenvalue weighted by molar-refractivity contribution is -0.138. The van der Waals surface area contributed by atoms with E-state index in [1.807, 2.05) is 0 Å². The van der Waals surface area contributed by atoms with E-state index in [-0.39, 0.29) is 0 Å². The Hall–Kier alpha value is -3.61. The van der Waals surface area contributed by atoms with E-state index in [0.29, 0.717) is 44.6 Å². The van der Waals surface area contributed by atoms with Crippen molar-refractivity contribution < 1.29 is 26.3 Å². The minimum Gasteiger partial charge on any atom is -0.256 e. The first-order valence-electron chi connectivity index (χ1n) is 10.1. The number of benzene rings is 3. The van der Waals surface area contributed by atoms with Crippen molar-refractivity contribution in [2.45, 2.75) is 17.8 Å². The summed E-state index contributed by atoms with van der Waals surface area (Å²) in [4.78, 5) is 4.46. The minimum atomic E-state index is -4.60. The summed E-state index contributed by atoms with van der Waals surface area (Å²) in [6, 6.07) is 17.3. The highest BCUT2D eigenvalue weighted by molar-refractivity contribution is 5.94. The van der Waals surface area contributed by atoms with Crippen molar-refractivity contribution >= 4 is 0 Å². The molecule has 0 amide bonds. The first kappa shape index (κ1) is 20.0. The lowest BCUT2D eigenvalue weighted by atomic mass is 9.70. The molecule has 0 fully saturated rings. The van der Waals surface area contributed by atoms with Crippen molar-refractivity contribution in [3.63, 3.8) is 0 Å². The van der Waals surface area contributed by atoms with Crippen molar-refractivity contribution in [2.75, 3.05) is 0 Å². The van der Waals surface area contributed by atoms with E-state index >= 15 is 0 Å². The van der Waals surface area contributed by atoms with Crippen LogP contribution in [0.25, 0.3) is 22.4 Å². The maximum atomic E-state index is 13.7. The van der Waals surface area contributed by atoms with Gasteiger partial charge in [0.2, 0.25) is 0 Å². The van der Waals surface area contributed by atoms with E-state index in [1.165, 1.54) is 12.1 Å². The normalized spacial score (nSPS) is 15.2. The van der Waals surface area contributed by atoms with Gasteiger partial charge in [0.25, 0.3) is 0 Å². The van der Waals surface area contributed by atoms with Crippen LogP contribution in [-0.2, 0) is 17.8 Å². The van der Waals surface area contributed by atoms with Gasteiger partial charge >= 0.3 is 12.4 Å². The summed E-state index contributed by atoms with van der Waals surface area (Å²) in [5.41, 5.74) is 1.02. The third-order valence-electron chi connectivity index (χ3n) is 6.59. The second-order valence-corrected chi connectivity index (χ2v) is 8.21. The van der Waals surface area contributed by atoms with Crippen LogP contribution in [-0.4, -0.2) is 4.98 Å². The highest BCUT2D eigenvalue weighted by atomic mass is 19.4. The van der Waals surface area contributed by atoms with E-state index in [9.17, 15) is 26.3 Å². The maximum Gasteiger partial charge on any atom is 0.416 e. The lowest BCUT2D eigenvalue weighted by Gasteiger charge is -2.30. The summed E-state index contributed by atoms with van der Waals surface area (Å²) < 4.78 is 82.3. The summed E-state index contributed by atoms with van der Waals surface area (Å²) in [5, 5.41) is 0. The fourth-order valence-electron chi connectivity index (χ4n) is 5.34. The van der Waals surface area contributed by atoms with Gasteiger partial charge in [0.1, 0.15) is 0 Å². The Balaban J connectivity index is 1.80. The second-order valence-electron chi connectivity index (χ2n) is 8.21. The van der Waals surface area contributed by atoms with Crippen LogP contribution in [0.5, 0.6) is 0 Å². The van der Waals surface area contributed by atoms with Crippen LogP contribution in [0.4, 0.5) is 26.3 Å². The summed E-state index contributed by atoms with van der Waals surface area (Å²) in [6.45, 7) is 0. The first-order valence-corrected chi connectivity index (χ1v) is 10.1. The van der Waals surface area contributed by atoms with Crippen molar-refractivity contribution in [3.8, 4) is 22.4 Å². The highest BCUT2D eigenvalue weighted by Gasteiger charge is 2.53. The summed E-state index contributed by atoms with van der Waals surface area (Å²) >= 11 is 0. The molecular formula is C26H13F6N. The fourth-order valence-corrected chi connectivity index (χ4v) is 5.34. The number of pyridine rings is 1. The Bertz CT molecular complexity index is 1340. The van der Waals surface area contributed by atoms with Crippen LogP contribution in [0.3, 0.4) is 0 Å². The molecule has 2 aliphatic rings. The molecule has 0 saturated heterocycles. The lowest BCUT2D eigenvalue weighted by Crippen LogP contribution is -2.27. The van der Waals surface area contributed by atoms with Crippen LogP contribution < -0.4 is 0 Å². The molecule has 164 valence electrons. The molecule has 0 N–H and O–H groups in total. The van der Waals surface area contributed by atoms with E-state index in [2.05, 4.69) is 4.98 Å². The van der Waals surface area contributed by atoms with Gasteiger partial charge in [-0.05, 0) is 63.7 Å². The number of halogens is 6. The predicted octanol–water partition coefficient (Wildman–Crippen LogP) is 7.46. The van der Waals surface area contributed by atoms with Crippen LogP contribution in [0, 0.1) is 0 Å². The predicted molar refractivity (Wildman–Crippen MR) is 111 cm³/mol. The monoisotopic (exact) mass is 453 g/mol. The second kappa shape index (κ2) is 6.25. The molecule has 2 aliphatic carbocycles. The quantitative estimate of drug-likeness (QED) is 0.218. The van der Waals surface area contributed by atoms with Crippen molar-refractivity contribution in [1.82, 2.24) is 4.98 Å². The molecule has 1 heterocycles.